The Morgan fingerprint density at radius 2 is 1.80 bits per heavy atom. The zero-order chi connectivity index (χ0) is 18.4. The highest BCUT2D eigenvalue weighted by molar-refractivity contribution is 7.89. The van der Waals surface area contributed by atoms with Gasteiger partial charge in [0.2, 0.25) is 10.0 Å². The van der Waals surface area contributed by atoms with E-state index in [2.05, 4.69) is 0 Å². The number of nitrogens with zero attached hydrogens (tertiary/aromatic N) is 2. The number of sulfonamides is 1. The lowest BCUT2D eigenvalue weighted by Crippen LogP contribution is -2.40. The molecule has 1 fully saturated rings. The third kappa shape index (κ3) is 2.97. The van der Waals surface area contributed by atoms with Crippen LogP contribution in [-0.4, -0.2) is 61.7 Å². The van der Waals surface area contributed by atoms with Crippen LogP contribution >= 0.6 is 0 Å². The maximum Gasteiger partial charge on any atom is 0.322 e. The van der Waals surface area contributed by atoms with Gasteiger partial charge in [-0.05, 0) is 12.1 Å². The van der Waals surface area contributed by atoms with Crippen LogP contribution < -0.4 is 4.90 Å². The average molecular weight is 364 g/mol. The Kier molecular flexibility index (Phi) is 4.44. The average Bonchev–Trinajstić information content (AvgIpc) is 2.96. The van der Waals surface area contributed by atoms with Crippen molar-refractivity contribution in [1.29, 1.82) is 0 Å². The number of anilines is 1. The van der Waals surface area contributed by atoms with Crippen LogP contribution in [0.3, 0.4) is 0 Å². The fraction of sp³-hybridized carbons (Fsp3) is 0.353. The Morgan fingerprint density at radius 1 is 1.16 bits per heavy atom. The molecule has 0 aromatic heterocycles. The SMILES string of the molecule is CN(C)c1cccc2c(S(=O)(=O)N3C[C@@H](O)C[C@H]3C(=O)O)cccc12. The van der Waals surface area contributed by atoms with E-state index < -0.39 is 28.1 Å². The lowest BCUT2D eigenvalue weighted by Gasteiger charge is -2.22. The van der Waals surface area contributed by atoms with Crippen molar-refractivity contribution in [3.8, 4) is 0 Å². The molecule has 0 radical (unpaired) electrons. The van der Waals surface area contributed by atoms with Crippen LogP contribution in [0.5, 0.6) is 0 Å². The molecule has 2 atom stereocenters. The lowest BCUT2D eigenvalue weighted by molar-refractivity contribution is -0.140. The van der Waals surface area contributed by atoms with E-state index in [1.807, 2.05) is 31.1 Å². The van der Waals surface area contributed by atoms with Gasteiger partial charge in [0, 0.05) is 43.5 Å². The molecular weight excluding hydrogens is 344 g/mol. The summed E-state index contributed by atoms with van der Waals surface area (Å²) < 4.78 is 27.1. The molecule has 0 aliphatic carbocycles. The van der Waals surface area contributed by atoms with Crippen molar-refractivity contribution in [1.82, 2.24) is 4.31 Å². The first-order valence-corrected chi connectivity index (χ1v) is 9.29. The highest BCUT2D eigenvalue weighted by Crippen LogP contribution is 2.34. The topological polar surface area (TPSA) is 98.2 Å². The zero-order valence-corrected chi connectivity index (χ0v) is 14.8. The number of fused-ring (bicyclic) bond motifs is 1. The molecule has 25 heavy (non-hydrogen) atoms. The van der Waals surface area contributed by atoms with Crippen LogP contribution in [0.15, 0.2) is 41.3 Å². The minimum absolute atomic E-state index is 0.0500. The van der Waals surface area contributed by atoms with Crippen LogP contribution in [0.25, 0.3) is 10.8 Å². The third-order valence-corrected chi connectivity index (χ3v) is 6.38. The predicted molar refractivity (Wildman–Crippen MR) is 94.2 cm³/mol. The summed E-state index contributed by atoms with van der Waals surface area (Å²) in [7, 11) is -0.324. The van der Waals surface area contributed by atoms with Gasteiger partial charge in [0.1, 0.15) is 6.04 Å². The number of carboxylic acid groups (broad SMARTS) is 1. The Hall–Kier alpha value is -2.16. The van der Waals surface area contributed by atoms with Gasteiger partial charge in [0.15, 0.2) is 0 Å². The molecule has 0 saturated carbocycles. The molecule has 2 aromatic rings. The molecule has 7 nitrogen and oxygen atoms in total. The van der Waals surface area contributed by atoms with Crippen LogP contribution in [0.1, 0.15) is 6.42 Å². The number of carboxylic acids is 1. The molecule has 2 aromatic carbocycles. The highest BCUT2D eigenvalue weighted by Gasteiger charge is 2.44. The molecule has 0 unspecified atom stereocenters. The molecule has 0 amide bonds. The molecule has 1 heterocycles. The van der Waals surface area contributed by atoms with Gasteiger partial charge in [-0.25, -0.2) is 8.42 Å². The quantitative estimate of drug-likeness (QED) is 0.843. The number of rotatable bonds is 4. The largest absolute Gasteiger partial charge is 0.480 e. The van der Waals surface area contributed by atoms with E-state index in [4.69, 9.17) is 0 Å². The fourth-order valence-electron chi connectivity index (χ4n) is 3.28. The van der Waals surface area contributed by atoms with Gasteiger partial charge >= 0.3 is 5.97 Å². The smallest absolute Gasteiger partial charge is 0.322 e. The maximum atomic E-state index is 13.1. The Bertz CT molecular complexity index is 926. The van der Waals surface area contributed by atoms with Crippen molar-refractivity contribution in [2.45, 2.75) is 23.5 Å². The van der Waals surface area contributed by atoms with Crippen molar-refractivity contribution in [3.63, 3.8) is 0 Å². The first-order chi connectivity index (χ1) is 11.7. The van der Waals surface area contributed by atoms with E-state index >= 15 is 0 Å². The molecule has 1 aliphatic heterocycles. The van der Waals surface area contributed by atoms with Crippen molar-refractivity contribution < 1.29 is 23.4 Å². The van der Waals surface area contributed by atoms with Gasteiger partial charge in [0.05, 0.1) is 11.0 Å². The molecule has 1 saturated heterocycles. The minimum atomic E-state index is -4.06. The number of aliphatic hydroxyl groups excluding tert-OH is 1. The van der Waals surface area contributed by atoms with Crippen molar-refractivity contribution in [2.75, 3.05) is 25.5 Å². The van der Waals surface area contributed by atoms with E-state index in [-0.39, 0.29) is 17.9 Å². The normalized spacial score (nSPS) is 21.6. The predicted octanol–water partition coefficient (Wildman–Crippen LogP) is 1.11. The summed E-state index contributed by atoms with van der Waals surface area (Å²) in [6.45, 7) is -0.219. The monoisotopic (exact) mass is 364 g/mol. The second kappa shape index (κ2) is 6.29. The minimum Gasteiger partial charge on any atom is -0.480 e. The highest BCUT2D eigenvalue weighted by atomic mass is 32.2. The molecule has 0 spiro atoms. The summed E-state index contributed by atoms with van der Waals surface area (Å²) in [5.41, 5.74) is 0.866. The Morgan fingerprint density at radius 3 is 2.44 bits per heavy atom. The second-order valence-corrected chi connectivity index (χ2v) is 8.20. The van der Waals surface area contributed by atoms with E-state index in [0.717, 1.165) is 15.4 Å². The zero-order valence-electron chi connectivity index (χ0n) is 14.0. The van der Waals surface area contributed by atoms with Crippen molar-refractivity contribution in [3.05, 3.63) is 36.4 Å². The van der Waals surface area contributed by atoms with E-state index in [1.54, 1.807) is 18.2 Å². The van der Waals surface area contributed by atoms with Gasteiger partial charge in [-0.1, -0.05) is 24.3 Å². The maximum absolute atomic E-state index is 13.1. The van der Waals surface area contributed by atoms with Crippen LogP contribution in [0, 0.1) is 0 Å². The summed E-state index contributed by atoms with van der Waals surface area (Å²) in [5.74, 6) is -1.26. The van der Waals surface area contributed by atoms with Crippen LogP contribution in [0.2, 0.25) is 0 Å². The first-order valence-electron chi connectivity index (χ1n) is 7.85. The van der Waals surface area contributed by atoms with Gasteiger partial charge in [-0.2, -0.15) is 4.31 Å². The molecule has 1 aliphatic rings. The van der Waals surface area contributed by atoms with Crippen molar-refractivity contribution >= 4 is 32.5 Å². The van der Waals surface area contributed by atoms with Gasteiger partial charge < -0.3 is 15.1 Å². The van der Waals surface area contributed by atoms with Crippen LogP contribution in [0.4, 0.5) is 5.69 Å². The summed E-state index contributed by atoms with van der Waals surface area (Å²) in [6, 6.07) is 9.05. The number of hydrogen-bond donors (Lipinski definition) is 2. The molecule has 2 N–H and O–H groups in total. The van der Waals surface area contributed by atoms with E-state index in [9.17, 15) is 23.4 Å². The van der Waals surface area contributed by atoms with Crippen LogP contribution in [-0.2, 0) is 14.8 Å². The molecular formula is C17H20N2O5S. The summed E-state index contributed by atoms with van der Waals surface area (Å²) in [5, 5.41) is 20.4. The number of aliphatic hydroxyl groups is 1. The summed E-state index contributed by atoms with van der Waals surface area (Å²) in [6.07, 6.45) is -1.09. The number of hydrogen-bond acceptors (Lipinski definition) is 5. The van der Waals surface area contributed by atoms with E-state index in [0.29, 0.717) is 5.39 Å². The first kappa shape index (κ1) is 17.7. The fourth-order valence-corrected chi connectivity index (χ4v) is 5.12. The number of carbonyl (C=O) groups is 1. The molecule has 134 valence electrons. The van der Waals surface area contributed by atoms with Gasteiger partial charge in [-0.3, -0.25) is 4.79 Å². The Labute approximate surface area is 146 Å². The summed E-state index contributed by atoms with van der Waals surface area (Å²) >= 11 is 0. The van der Waals surface area contributed by atoms with Gasteiger partial charge in [-0.15, -0.1) is 0 Å². The number of benzene rings is 2. The summed E-state index contributed by atoms with van der Waals surface area (Å²) in [4.78, 5) is 13.4. The standard InChI is InChI=1S/C17H20N2O5S/c1-18(2)14-7-3-6-13-12(14)5-4-8-16(13)25(23,24)19-10-11(20)9-15(19)17(21)22/h3-8,11,15,20H,9-10H2,1-2H3,(H,21,22)/t11-,15-/m0/s1. The number of β-amino-alcohol motifs (C(OH)–C–C–N with tert-alkyl or cyclic N) is 1. The molecule has 3 rings (SSSR count). The molecule has 0 bridgehead atoms. The van der Waals surface area contributed by atoms with E-state index in [1.165, 1.54) is 6.07 Å². The third-order valence-electron chi connectivity index (χ3n) is 4.45. The Balaban J connectivity index is 2.18. The van der Waals surface area contributed by atoms with Gasteiger partial charge in [0.25, 0.3) is 0 Å². The van der Waals surface area contributed by atoms with Crippen molar-refractivity contribution in [2.24, 2.45) is 0 Å². The molecule has 8 heteroatoms. The number of aliphatic carboxylic acids is 1. The lowest BCUT2D eigenvalue weighted by atomic mass is 10.1. The second-order valence-electron chi connectivity index (χ2n) is 6.34.